The van der Waals surface area contributed by atoms with E-state index in [9.17, 15) is 0 Å². The van der Waals surface area contributed by atoms with Crippen LogP contribution in [0.3, 0.4) is 0 Å². The van der Waals surface area contributed by atoms with Crippen LogP contribution in [0.2, 0.25) is 44.4 Å². The van der Waals surface area contributed by atoms with Crippen LogP contribution in [0.4, 0.5) is 0 Å². The van der Waals surface area contributed by atoms with Crippen molar-refractivity contribution in [2.45, 2.75) is 50.9 Å². The molecule has 0 spiro atoms. The minimum absolute atomic E-state index is 0. The Morgan fingerprint density at radius 2 is 1.32 bits per heavy atom. The van der Waals surface area contributed by atoms with Gasteiger partial charge < -0.3 is 7.43 Å². The molecule has 0 amide bonds. The van der Waals surface area contributed by atoms with E-state index in [2.05, 4.69) is 57.5 Å². The maximum atomic E-state index is 3.54. The first-order chi connectivity index (χ1) is 6.23. The van der Waals surface area contributed by atoms with Crippen molar-refractivity contribution in [3.05, 3.63) is 31.2 Å². The van der Waals surface area contributed by atoms with Crippen molar-refractivity contribution in [2.24, 2.45) is 0 Å². The molecule has 0 atom stereocenters. The summed E-state index contributed by atoms with van der Waals surface area (Å²) in [5, 5.41) is 0.869. The molecule has 0 unspecified atom stereocenters. The zero-order chi connectivity index (χ0) is 11.0. The van der Waals surface area contributed by atoms with Gasteiger partial charge in [0, 0.05) is 16.1 Å². The number of allylic oxidation sites excluding steroid dienone is 4. The first-order valence-electron chi connectivity index (χ1n) is 5.50. The van der Waals surface area contributed by atoms with Crippen molar-refractivity contribution in [2.75, 3.05) is 0 Å². The van der Waals surface area contributed by atoms with Gasteiger partial charge in [-0.2, -0.15) is 6.08 Å². The van der Waals surface area contributed by atoms with Gasteiger partial charge in [0.05, 0.1) is 0 Å². The average Bonchev–Trinajstić information content (AvgIpc) is 2.31. The fourth-order valence-corrected chi connectivity index (χ4v) is 15.5. The molecule has 0 aliphatic heterocycles. The Kier molecular flexibility index (Phi) is 20.4. The Balaban J connectivity index is -0.000000131. The SMILES string of the molecule is C[Si](C)(C)C(C1=[C-]CC=C1)[Si](C)(C)C.Cl.Cl.Cl.[CH3-].[V+2]. The second-order valence-electron chi connectivity index (χ2n) is 6.40. The van der Waals surface area contributed by atoms with E-state index < -0.39 is 16.1 Å². The molecule has 1 radical (unpaired) electrons. The fraction of sp³-hybridized carbons (Fsp3) is 0.615. The molecule has 19 heavy (non-hydrogen) atoms. The van der Waals surface area contributed by atoms with Crippen LogP contribution in [-0.4, -0.2) is 16.1 Å². The van der Waals surface area contributed by atoms with E-state index >= 15 is 0 Å². The van der Waals surface area contributed by atoms with Gasteiger partial charge in [-0.15, -0.1) is 43.6 Å². The van der Waals surface area contributed by atoms with Crippen molar-refractivity contribution < 1.29 is 18.6 Å². The summed E-state index contributed by atoms with van der Waals surface area (Å²) < 4.78 is 0. The molecule has 0 aromatic carbocycles. The van der Waals surface area contributed by atoms with Crippen molar-refractivity contribution in [1.29, 1.82) is 0 Å². The van der Waals surface area contributed by atoms with Crippen LogP contribution in [0, 0.1) is 13.5 Å². The predicted octanol–water partition coefficient (Wildman–Crippen LogP) is 5.97. The molecule has 0 bridgehead atoms. The minimum atomic E-state index is -1.08. The molecule has 0 saturated heterocycles. The molecule has 1 aliphatic carbocycles. The van der Waals surface area contributed by atoms with Gasteiger partial charge in [-0.3, -0.25) is 6.08 Å². The quantitative estimate of drug-likeness (QED) is 0.405. The molecule has 1 rings (SSSR count). The van der Waals surface area contributed by atoms with Gasteiger partial charge in [-0.05, 0) is 0 Å². The normalized spacial score (nSPS) is 13.1. The number of halogens is 3. The van der Waals surface area contributed by atoms with E-state index in [-0.39, 0.29) is 63.2 Å². The van der Waals surface area contributed by atoms with Gasteiger partial charge >= 0.3 is 18.6 Å². The summed E-state index contributed by atoms with van der Waals surface area (Å²) in [6.45, 7) is 15.0. The van der Waals surface area contributed by atoms with Crippen LogP contribution < -0.4 is 0 Å². The summed E-state index contributed by atoms with van der Waals surface area (Å²) in [5.74, 6) is 0. The Hall–Kier alpha value is 1.37. The summed E-state index contributed by atoms with van der Waals surface area (Å²) in [7, 11) is -2.15. The molecule has 115 valence electrons. The van der Waals surface area contributed by atoms with Crippen LogP contribution in [0.25, 0.3) is 0 Å². The largest absolute Gasteiger partial charge is 2.00 e. The van der Waals surface area contributed by atoms with Crippen molar-refractivity contribution >= 4 is 53.4 Å². The van der Waals surface area contributed by atoms with E-state index in [0.29, 0.717) is 0 Å². The molecule has 0 aromatic heterocycles. The summed E-state index contributed by atoms with van der Waals surface area (Å²) in [6.07, 6.45) is 9.16. The molecule has 6 heteroatoms. The number of hydrogen-bond acceptors (Lipinski definition) is 0. The molecular formula is C13H29Cl3Si2V. The summed E-state index contributed by atoms with van der Waals surface area (Å²) >= 11 is 0. The van der Waals surface area contributed by atoms with Crippen LogP contribution in [0.15, 0.2) is 17.7 Å². The number of hydrogen-bond donors (Lipinski definition) is 0. The first kappa shape index (κ1) is 32.4. The van der Waals surface area contributed by atoms with Gasteiger partial charge in [0.2, 0.25) is 0 Å². The molecule has 0 nitrogen and oxygen atoms in total. The van der Waals surface area contributed by atoms with Gasteiger partial charge in [0.15, 0.2) is 0 Å². The van der Waals surface area contributed by atoms with Crippen molar-refractivity contribution in [1.82, 2.24) is 0 Å². The van der Waals surface area contributed by atoms with Crippen LogP contribution in [0.5, 0.6) is 0 Å². The van der Waals surface area contributed by atoms with E-state index in [4.69, 9.17) is 0 Å². The second-order valence-corrected chi connectivity index (χ2v) is 17.6. The zero-order valence-electron chi connectivity index (χ0n) is 13.1. The van der Waals surface area contributed by atoms with Crippen LogP contribution in [-0.2, 0) is 18.6 Å². The van der Waals surface area contributed by atoms with Crippen LogP contribution in [0.1, 0.15) is 6.42 Å². The van der Waals surface area contributed by atoms with E-state index in [1.807, 2.05) is 0 Å². The molecule has 0 saturated carbocycles. The first-order valence-corrected chi connectivity index (χ1v) is 12.7. The standard InChI is InChI=1S/C12H23Si2.CH3.3ClH.V/c1-13(2,3)12(14(4,5)6)11-9-7-8-10-11;;;;;/h7,9,12H,8H2,1-6H3;1H3;3*1H;/q2*-1;;;;+2. The summed E-state index contributed by atoms with van der Waals surface area (Å²) in [6, 6.07) is 0. The third-order valence-corrected chi connectivity index (χ3v) is 12.0. The zero-order valence-corrected chi connectivity index (χ0v) is 19.0. The van der Waals surface area contributed by atoms with Gasteiger partial charge in [0.25, 0.3) is 0 Å². The molecule has 0 aromatic rings. The molecule has 1 aliphatic rings. The molecule has 0 heterocycles. The minimum Gasteiger partial charge on any atom is -0.358 e. The van der Waals surface area contributed by atoms with E-state index in [1.54, 1.807) is 0 Å². The molecular weight excluding hydrogens is 370 g/mol. The van der Waals surface area contributed by atoms with Gasteiger partial charge in [0.1, 0.15) is 0 Å². The average molecular weight is 399 g/mol. The van der Waals surface area contributed by atoms with Gasteiger partial charge in [-0.25, -0.2) is 11.6 Å². The van der Waals surface area contributed by atoms with Crippen LogP contribution >= 0.6 is 37.2 Å². The van der Waals surface area contributed by atoms with E-state index in [1.165, 1.54) is 5.57 Å². The summed E-state index contributed by atoms with van der Waals surface area (Å²) in [5.41, 5.74) is 1.53. The Morgan fingerprint density at radius 1 is 0.947 bits per heavy atom. The van der Waals surface area contributed by atoms with Crippen molar-refractivity contribution in [3.63, 3.8) is 0 Å². The Bertz CT molecular complexity index is 265. The van der Waals surface area contributed by atoms with E-state index in [0.717, 1.165) is 11.6 Å². The fourth-order valence-electron chi connectivity index (χ4n) is 2.85. The molecule has 0 N–H and O–H groups in total. The Morgan fingerprint density at radius 3 is 1.53 bits per heavy atom. The smallest absolute Gasteiger partial charge is 0.358 e. The predicted molar refractivity (Wildman–Crippen MR) is 99.1 cm³/mol. The third-order valence-electron chi connectivity index (χ3n) is 2.76. The Labute approximate surface area is 153 Å². The third kappa shape index (κ3) is 9.84. The summed E-state index contributed by atoms with van der Waals surface area (Å²) in [4.78, 5) is 0. The van der Waals surface area contributed by atoms with Crippen molar-refractivity contribution in [3.8, 4) is 0 Å². The maximum Gasteiger partial charge on any atom is 2.00 e. The second kappa shape index (κ2) is 12.0. The number of rotatable bonds is 3. The monoisotopic (exact) mass is 397 g/mol. The molecule has 0 fully saturated rings. The topological polar surface area (TPSA) is 0 Å². The maximum absolute atomic E-state index is 3.54. The van der Waals surface area contributed by atoms with Gasteiger partial charge in [-0.1, -0.05) is 44.4 Å².